The van der Waals surface area contributed by atoms with Gasteiger partial charge in [-0.05, 0) is 45.0 Å². The van der Waals surface area contributed by atoms with Crippen LogP contribution in [0.2, 0.25) is 0 Å². The highest BCUT2D eigenvalue weighted by molar-refractivity contribution is 5.69. The first kappa shape index (κ1) is 17.1. The zero-order valence-electron chi connectivity index (χ0n) is 15.2. The molecule has 1 aromatic carbocycles. The molecule has 132 valence electrons. The van der Waals surface area contributed by atoms with Crippen LogP contribution in [0.15, 0.2) is 24.3 Å². The van der Waals surface area contributed by atoms with Crippen molar-refractivity contribution in [3.63, 3.8) is 0 Å². The van der Waals surface area contributed by atoms with Gasteiger partial charge in [-0.15, -0.1) is 0 Å². The second-order valence-corrected chi connectivity index (χ2v) is 8.79. The van der Waals surface area contributed by atoms with E-state index in [1.807, 2.05) is 37.8 Å². The van der Waals surface area contributed by atoms with Crippen LogP contribution in [0.1, 0.15) is 34.6 Å². The molecule has 0 bridgehead atoms. The number of amides is 1. The van der Waals surface area contributed by atoms with Gasteiger partial charge in [-0.2, -0.15) is 0 Å². The quantitative estimate of drug-likeness (QED) is 0.781. The van der Waals surface area contributed by atoms with E-state index in [1.54, 1.807) is 0 Å². The number of carbonyl (C=O) groups excluding carboxylic acids is 1. The SMILES string of the molecule is CC(C)(C)OC(=O)N1C[C@@]2(C)CN(c3ccc(F)cc3)C[C@@]2(C)C1. The van der Waals surface area contributed by atoms with Crippen LogP contribution in [0.5, 0.6) is 0 Å². The number of anilines is 1. The molecular formula is C19H27FN2O2. The van der Waals surface area contributed by atoms with Crippen LogP contribution in [0.3, 0.4) is 0 Å². The van der Waals surface area contributed by atoms with Crippen LogP contribution in [-0.2, 0) is 4.74 Å². The first-order valence-electron chi connectivity index (χ1n) is 8.50. The molecule has 4 nitrogen and oxygen atoms in total. The Kier molecular flexibility index (Phi) is 3.81. The Hall–Kier alpha value is -1.78. The van der Waals surface area contributed by atoms with Gasteiger partial charge in [-0.25, -0.2) is 9.18 Å². The van der Waals surface area contributed by atoms with Gasteiger partial charge in [-0.1, -0.05) is 13.8 Å². The minimum atomic E-state index is -0.475. The van der Waals surface area contributed by atoms with Crippen molar-refractivity contribution in [3.05, 3.63) is 30.1 Å². The Balaban J connectivity index is 1.74. The van der Waals surface area contributed by atoms with Gasteiger partial charge in [0.25, 0.3) is 0 Å². The fourth-order valence-corrected chi connectivity index (χ4v) is 3.95. The van der Waals surface area contributed by atoms with Crippen molar-refractivity contribution in [2.24, 2.45) is 10.8 Å². The van der Waals surface area contributed by atoms with E-state index < -0.39 is 5.60 Å². The Morgan fingerprint density at radius 1 is 1.04 bits per heavy atom. The Labute approximate surface area is 143 Å². The second kappa shape index (κ2) is 5.36. The summed E-state index contributed by atoms with van der Waals surface area (Å²) in [5.41, 5.74) is 0.560. The zero-order chi connectivity index (χ0) is 17.8. The zero-order valence-corrected chi connectivity index (χ0v) is 15.2. The number of hydrogen-bond donors (Lipinski definition) is 0. The molecule has 2 saturated heterocycles. The van der Waals surface area contributed by atoms with E-state index >= 15 is 0 Å². The van der Waals surface area contributed by atoms with Crippen LogP contribution < -0.4 is 4.90 Å². The molecule has 1 amide bonds. The molecule has 2 heterocycles. The van der Waals surface area contributed by atoms with Crippen molar-refractivity contribution in [3.8, 4) is 0 Å². The summed E-state index contributed by atoms with van der Waals surface area (Å²) in [4.78, 5) is 16.6. The van der Waals surface area contributed by atoms with Crippen LogP contribution in [0.4, 0.5) is 14.9 Å². The molecule has 2 fully saturated rings. The molecule has 2 aliphatic rings. The van der Waals surface area contributed by atoms with Crippen molar-refractivity contribution < 1.29 is 13.9 Å². The summed E-state index contributed by atoms with van der Waals surface area (Å²) in [6.45, 7) is 13.2. The topological polar surface area (TPSA) is 32.8 Å². The van der Waals surface area contributed by atoms with Gasteiger partial charge in [0.15, 0.2) is 0 Å². The maximum atomic E-state index is 13.2. The van der Waals surface area contributed by atoms with Gasteiger partial charge < -0.3 is 14.5 Å². The predicted octanol–water partition coefficient (Wildman–Crippen LogP) is 3.91. The van der Waals surface area contributed by atoms with Gasteiger partial charge in [0.1, 0.15) is 11.4 Å². The third-order valence-corrected chi connectivity index (χ3v) is 5.46. The first-order chi connectivity index (χ1) is 11.0. The lowest BCUT2D eigenvalue weighted by Crippen LogP contribution is -2.39. The molecule has 0 spiro atoms. The van der Waals surface area contributed by atoms with Crippen LogP contribution in [0.25, 0.3) is 0 Å². The average Bonchev–Trinajstić information content (AvgIpc) is 2.83. The molecule has 3 rings (SSSR count). The molecule has 0 aliphatic carbocycles. The Bertz CT molecular complexity index is 620. The van der Waals surface area contributed by atoms with E-state index in [-0.39, 0.29) is 22.7 Å². The third kappa shape index (κ3) is 2.96. The van der Waals surface area contributed by atoms with E-state index in [2.05, 4.69) is 18.7 Å². The Morgan fingerprint density at radius 3 is 2.00 bits per heavy atom. The largest absolute Gasteiger partial charge is 0.444 e. The number of hydrogen-bond acceptors (Lipinski definition) is 3. The number of benzene rings is 1. The monoisotopic (exact) mass is 334 g/mol. The molecule has 0 aromatic heterocycles. The van der Waals surface area contributed by atoms with Gasteiger partial charge in [0.2, 0.25) is 0 Å². The molecule has 0 radical (unpaired) electrons. The minimum absolute atomic E-state index is 0.00170. The molecule has 2 atom stereocenters. The third-order valence-electron chi connectivity index (χ3n) is 5.46. The maximum absolute atomic E-state index is 13.2. The summed E-state index contributed by atoms with van der Waals surface area (Å²) < 4.78 is 18.7. The maximum Gasteiger partial charge on any atom is 0.410 e. The number of rotatable bonds is 1. The number of likely N-dealkylation sites (tertiary alicyclic amines) is 1. The summed E-state index contributed by atoms with van der Waals surface area (Å²) in [5, 5.41) is 0. The standard InChI is InChI=1S/C19H27FN2O2/c1-17(2,3)24-16(23)22-12-18(4)10-21(11-19(18,5)13-22)15-8-6-14(20)7-9-15/h6-9H,10-13H2,1-5H3/t18-,19+. The van der Waals surface area contributed by atoms with Crippen molar-refractivity contribution in [2.75, 3.05) is 31.1 Å². The minimum Gasteiger partial charge on any atom is -0.444 e. The van der Waals surface area contributed by atoms with Gasteiger partial charge >= 0.3 is 6.09 Å². The molecular weight excluding hydrogens is 307 g/mol. The molecule has 2 aliphatic heterocycles. The second-order valence-electron chi connectivity index (χ2n) is 8.79. The van der Waals surface area contributed by atoms with E-state index in [0.717, 1.165) is 18.8 Å². The summed E-state index contributed by atoms with van der Waals surface area (Å²) in [6, 6.07) is 6.66. The summed E-state index contributed by atoms with van der Waals surface area (Å²) in [7, 11) is 0. The van der Waals surface area contributed by atoms with E-state index in [1.165, 1.54) is 12.1 Å². The van der Waals surface area contributed by atoms with Gasteiger partial charge in [-0.3, -0.25) is 0 Å². The number of fused-ring (bicyclic) bond motifs is 1. The normalized spacial score (nSPS) is 29.8. The Morgan fingerprint density at radius 2 is 1.54 bits per heavy atom. The highest BCUT2D eigenvalue weighted by Gasteiger charge is 2.59. The molecule has 0 unspecified atom stereocenters. The summed E-state index contributed by atoms with van der Waals surface area (Å²) in [5.74, 6) is -0.216. The van der Waals surface area contributed by atoms with E-state index in [4.69, 9.17) is 4.74 Å². The highest BCUT2D eigenvalue weighted by Crippen LogP contribution is 2.52. The van der Waals surface area contributed by atoms with Gasteiger partial charge in [0, 0.05) is 42.7 Å². The highest BCUT2D eigenvalue weighted by atomic mass is 19.1. The average molecular weight is 334 g/mol. The lowest BCUT2D eigenvalue weighted by molar-refractivity contribution is 0.0269. The van der Waals surface area contributed by atoms with Crippen molar-refractivity contribution >= 4 is 11.8 Å². The number of halogens is 1. The first-order valence-corrected chi connectivity index (χ1v) is 8.50. The van der Waals surface area contributed by atoms with Gasteiger partial charge in [0.05, 0.1) is 0 Å². The number of ether oxygens (including phenoxy) is 1. The van der Waals surface area contributed by atoms with E-state index in [9.17, 15) is 9.18 Å². The predicted molar refractivity (Wildman–Crippen MR) is 92.6 cm³/mol. The lowest BCUT2D eigenvalue weighted by atomic mass is 9.71. The molecule has 1 aromatic rings. The van der Waals surface area contributed by atoms with Crippen molar-refractivity contribution in [2.45, 2.75) is 40.2 Å². The fourth-order valence-electron chi connectivity index (χ4n) is 3.95. The fraction of sp³-hybridized carbons (Fsp3) is 0.632. The summed E-state index contributed by atoms with van der Waals surface area (Å²) >= 11 is 0. The van der Waals surface area contributed by atoms with Crippen LogP contribution in [-0.4, -0.2) is 42.8 Å². The molecule has 0 N–H and O–H groups in total. The van der Waals surface area contributed by atoms with Crippen LogP contribution >= 0.6 is 0 Å². The number of carbonyl (C=O) groups is 1. The van der Waals surface area contributed by atoms with E-state index in [0.29, 0.717) is 13.1 Å². The lowest BCUT2D eigenvalue weighted by Gasteiger charge is -2.29. The number of nitrogens with zero attached hydrogens (tertiary/aromatic N) is 2. The molecule has 0 saturated carbocycles. The molecule has 24 heavy (non-hydrogen) atoms. The van der Waals surface area contributed by atoms with Crippen molar-refractivity contribution in [1.29, 1.82) is 0 Å². The smallest absolute Gasteiger partial charge is 0.410 e. The molecule has 5 heteroatoms. The summed E-state index contributed by atoms with van der Waals surface area (Å²) in [6.07, 6.45) is -0.229. The van der Waals surface area contributed by atoms with Crippen LogP contribution in [0, 0.1) is 16.6 Å². The van der Waals surface area contributed by atoms with Crippen molar-refractivity contribution in [1.82, 2.24) is 4.90 Å².